The minimum atomic E-state index is -0.554. The van der Waals surface area contributed by atoms with Crippen LogP contribution in [0.3, 0.4) is 0 Å². The van der Waals surface area contributed by atoms with Crippen LogP contribution in [-0.2, 0) is 9.53 Å². The SMILES string of the molecule is C.COC(C)(C)CC(=O)Nc1nc2ccc(F)nc2n1C1CCC1. The Balaban J connectivity index is 0.00000208. The summed E-state index contributed by atoms with van der Waals surface area (Å²) in [5.74, 6) is -0.302. The molecule has 0 radical (unpaired) electrons. The molecule has 1 fully saturated rings. The second-order valence-corrected chi connectivity index (χ2v) is 6.56. The molecule has 24 heavy (non-hydrogen) atoms. The molecule has 132 valence electrons. The lowest BCUT2D eigenvalue weighted by molar-refractivity contribution is -0.121. The Morgan fingerprint density at radius 2 is 2.12 bits per heavy atom. The molecule has 0 aliphatic heterocycles. The molecule has 1 N–H and O–H groups in total. The van der Waals surface area contributed by atoms with Crippen molar-refractivity contribution < 1.29 is 13.9 Å². The molecule has 0 bridgehead atoms. The third-order valence-electron chi connectivity index (χ3n) is 4.33. The van der Waals surface area contributed by atoms with Gasteiger partial charge in [-0.15, -0.1) is 0 Å². The molecule has 2 aromatic heterocycles. The van der Waals surface area contributed by atoms with E-state index in [1.165, 1.54) is 6.07 Å². The number of carbonyl (C=O) groups excluding carboxylic acids is 1. The van der Waals surface area contributed by atoms with Gasteiger partial charge in [0.2, 0.25) is 17.8 Å². The highest BCUT2D eigenvalue weighted by Crippen LogP contribution is 2.36. The van der Waals surface area contributed by atoms with Crippen LogP contribution in [-0.4, -0.2) is 33.2 Å². The van der Waals surface area contributed by atoms with Gasteiger partial charge in [0.15, 0.2) is 5.65 Å². The Hall–Kier alpha value is -2.02. The number of pyridine rings is 1. The summed E-state index contributed by atoms with van der Waals surface area (Å²) in [5.41, 5.74) is 0.512. The number of imidazole rings is 1. The molecular formula is C17H25FN4O2. The number of ether oxygens (including phenoxy) is 1. The van der Waals surface area contributed by atoms with Gasteiger partial charge in [0.1, 0.15) is 5.52 Å². The molecule has 0 atom stereocenters. The van der Waals surface area contributed by atoms with Crippen LogP contribution in [0.15, 0.2) is 12.1 Å². The molecule has 1 amide bonds. The summed E-state index contributed by atoms with van der Waals surface area (Å²) >= 11 is 0. The maximum atomic E-state index is 13.5. The number of methoxy groups -OCH3 is 1. The highest BCUT2D eigenvalue weighted by Gasteiger charge is 2.28. The minimum absolute atomic E-state index is 0. The molecule has 3 rings (SSSR count). The summed E-state index contributed by atoms with van der Waals surface area (Å²) in [7, 11) is 1.57. The van der Waals surface area contributed by atoms with Crippen LogP contribution in [0.25, 0.3) is 11.2 Å². The van der Waals surface area contributed by atoms with Gasteiger partial charge in [-0.2, -0.15) is 9.37 Å². The Morgan fingerprint density at radius 3 is 2.71 bits per heavy atom. The predicted molar refractivity (Wildman–Crippen MR) is 91.4 cm³/mol. The summed E-state index contributed by atoms with van der Waals surface area (Å²) in [4.78, 5) is 20.6. The average molecular weight is 336 g/mol. The van der Waals surface area contributed by atoms with Gasteiger partial charge in [0, 0.05) is 13.2 Å². The summed E-state index contributed by atoms with van der Waals surface area (Å²) in [6, 6.07) is 3.07. The second kappa shape index (κ2) is 6.84. The molecule has 2 aromatic rings. The van der Waals surface area contributed by atoms with E-state index in [0.29, 0.717) is 17.1 Å². The van der Waals surface area contributed by atoms with Crippen LogP contribution in [0.4, 0.5) is 10.3 Å². The molecule has 1 aliphatic rings. The van der Waals surface area contributed by atoms with E-state index in [9.17, 15) is 9.18 Å². The molecule has 0 spiro atoms. The number of halogens is 1. The van der Waals surface area contributed by atoms with Crippen molar-refractivity contribution in [3.8, 4) is 0 Å². The van der Waals surface area contributed by atoms with Crippen molar-refractivity contribution in [2.75, 3.05) is 12.4 Å². The van der Waals surface area contributed by atoms with E-state index in [2.05, 4.69) is 15.3 Å². The third-order valence-corrected chi connectivity index (χ3v) is 4.33. The van der Waals surface area contributed by atoms with Gasteiger partial charge in [-0.05, 0) is 45.2 Å². The molecule has 1 aliphatic carbocycles. The highest BCUT2D eigenvalue weighted by atomic mass is 19.1. The Morgan fingerprint density at radius 1 is 1.42 bits per heavy atom. The van der Waals surface area contributed by atoms with Crippen molar-refractivity contribution in [3.05, 3.63) is 18.1 Å². The lowest BCUT2D eigenvalue weighted by atomic mass is 9.93. The third kappa shape index (κ3) is 3.56. The fraction of sp³-hybridized carbons (Fsp3) is 0.588. The van der Waals surface area contributed by atoms with Crippen molar-refractivity contribution in [2.24, 2.45) is 0 Å². The van der Waals surface area contributed by atoms with Gasteiger partial charge in [-0.25, -0.2) is 4.98 Å². The summed E-state index contributed by atoms with van der Waals surface area (Å²) in [5, 5.41) is 2.83. The zero-order valence-electron chi connectivity index (χ0n) is 13.6. The monoisotopic (exact) mass is 336 g/mol. The lowest BCUT2D eigenvalue weighted by Crippen LogP contribution is -2.30. The lowest BCUT2D eigenvalue weighted by Gasteiger charge is -2.29. The Bertz CT molecular complexity index is 738. The summed E-state index contributed by atoms with van der Waals surface area (Å²) in [6.07, 6.45) is 3.29. The van der Waals surface area contributed by atoms with Crippen molar-refractivity contribution in [3.63, 3.8) is 0 Å². The number of anilines is 1. The van der Waals surface area contributed by atoms with Crippen molar-refractivity contribution in [2.45, 2.75) is 58.6 Å². The maximum Gasteiger partial charge on any atom is 0.229 e. The largest absolute Gasteiger partial charge is 0.378 e. The molecular weight excluding hydrogens is 311 g/mol. The molecule has 0 unspecified atom stereocenters. The van der Waals surface area contributed by atoms with Crippen LogP contribution in [0.1, 0.15) is 53.0 Å². The molecule has 6 nitrogen and oxygen atoms in total. The van der Waals surface area contributed by atoms with Gasteiger partial charge in [-0.1, -0.05) is 7.43 Å². The van der Waals surface area contributed by atoms with Crippen LogP contribution in [0, 0.1) is 5.95 Å². The first-order chi connectivity index (χ1) is 10.9. The number of aromatic nitrogens is 3. The van der Waals surface area contributed by atoms with E-state index in [0.717, 1.165) is 19.3 Å². The maximum absolute atomic E-state index is 13.5. The van der Waals surface area contributed by atoms with Crippen LogP contribution in [0.5, 0.6) is 0 Å². The van der Waals surface area contributed by atoms with Crippen LogP contribution < -0.4 is 5.32 Å². The fourth-order valence-corrected chi connectivity index (χ4v) is 2.66. The average Bonchev–Trinajstić information content (AvgIpc) is 2.74. The van der Waals surface area contributed by atoms with Crippen molar-refractivity contribution >= 4 is 23.0 Å². The van der Waals surface area contributed by atoms with Crippen molar-refractivity contribution in [1.29, 1.82) is 0 Å². The second-order valence-electron chi connectivity index (χ2n) is 6.56. The zero-order valence-corrected chi connectivity index (χ0v) is 13.6. The number of nitrogens with one attached hydrogen (secondary N) is 1. The Labute approximate surface area is 141 Å². The van der Waals surface area contributed by atoms with Crippen LogP contribution >= 0.6 is 0 Å². The van der Waals surface area contributed by atoms with E-state index in [4.69, 9.17) is 4.74 Å². The molecule has 2 heterocycles. The molecule has 1 saturated carbocycles. The van der Waals surface area contributed by atoms with E-state index in [1.807, 2.05) is 18.4 Å². The first kappa shape index (κ1) is 18.3. The van der Waals surface area contributed by atoms with Crippen LogP contribution in [0.2, 0.25) is 0 Å². The molecule has 0 aromatic carbocycles. The first-order valence-electron chi connectivity index (χ1n) is 7.79. The Kier molecular flexibility index (Phi) is 5.22. The predicted octanol–water partition coefficient (Wildman–Crippen LogP) is 3.69. The van der Waals surface area contributed by atoms with Gasteiger partial charge in [0.25, 0.3) is 0 Å². The van der Waals surface area contributed by atoms with Gasteiger partial charge in [0.05, 0.1) is 12.0 Å². The normalized spacial score (nSPS) is 15.0. The summed E-state index contributed by atoms with van der Waals surface area (Å²) in [6.45, 7) is 3.69. The highest BCUT2D eigenvalue weighted by molar-refractivity contribution is 5.91. The minimum Gasteiger partial charge on any atom is -0.378 e. The zero-order chi connectivity index (χ0) is 16.6. The number of amides is 1. The van der Waals surface area contributed by atoms with E-state index < -0.39 is 11.5 Å². The van der Waals surface area contributed by atoms with E-state index in [1.54, 1.807) is 13.2 Å². The smallest absolute Gasteiger partial charge is 0.229 e. The topological polar surface area (TPSA) is 69.0 Å². The summed E-state index contributed by atoms with van der Waals surface area (Å²) < 4.78 is 20.6. The number of fused-ring (bicyclic) bond motifs is 1. The number of hydrogen-bond acceptors (Lipinski definition) is 4. The van der Waals surface area contributed by atoms with Crippen molar-refractivity contribution in [1.82, 2.24) is 14.5 Å². The number of rotatable bonds is 5. The van der Waals surface area contributed by atoms with Gasteiger partial charge >= 0.3 is 0 Å². The number of nitrogens with zero attached hydrogens (tertiary/aromatic N) is 3. The van der Waals surface area contributed by atoms with Gasteiger partial charge in [-0.3, -0.25) is 14.7 Å². The molecule has 0 saturated heterocycles. The quantitative estimate of drug-likeness (QED) is 0.846. The first-order valence-corrected chi connectivity index (χ1v) is 7.79. The van der Waals surface area contributed by atoms with E-state index in [-0.39, 0.29) is 25.8 Å². The van der Waals surface area contributed by atoms with Gasteiger partial charge < -0.3 is 4.74 Å². The molecule has 7 heteroatoms. The van der Waals surface area contributed by atoms with E-state index >= 15 is 0 Å². The fourth-order valence-electron chi connectivity index (χ4n) is 2.66. The number of carbonyl (C=O) groups is 1. The standard InChI is InChI=1S/C16H21FN4O2.CH4/c1-16(2,23-3)9-13(22)20-15-18-11-7-8-12(17)19-14(11)21(15)10-5-4-6-10;/h7-8,10H,4-6,9H2,1-3H3,(H,18,20,22);1H4. The number of hydrogen-bond donors (Lipinski definition) is 1.